The summed E-state index contributed by atoms with van der Waals surface area (Å²) in [4.78, 5) is 0. The van der Waals surface area contributed by atoms with Crippen molar-refractivity contribution in [2.45, 2.75) is 86.5 Å². The Kier molecular flexibility index (Phi) is 6.17. The molecule has 6 atom stereocenters. The Hall–Kier alpha value is -0.520. The van der Waals surface area contributed by atoms with E-state index in [2.05, 4.69) is 53.7 Å². The maximum Gasteiger partial charge on any atom is -0.0129 e. The SMILES string of the molecule is CC1CCC(C(C)C)C(C2=CCC=C2C2CC(C)CCC2C(C)C)C1. The van der Waals surface area contributed by atoms with Crippen LogP contribution in [0.3, 0.4) is 0 Å². The second-order valence-corrected chi connectivity index (χ2v) is 10.4. The number of rotatable bonds is 4. The second-order valence-electron chi connectivity index (χ2n) is 10.4. The average molecular weight is 343 g/mol. The Balaban J connectivity index is 1.85. The van der Waals surface area contributed by atoms with E-state index in [9.17, 15) is 0 Å². The van der Waals surface area contributed by atoms with Gasteiger partial charge < -0.3 is 0 Å². The van der Waals surface area contributed by atoms with Gasteiger partial charge in [0, 0.05) is 0 Å². The summed E-state index contributed by atoms with van der Waals surface area (Å²) in [5.74, 6) is 6.95. The van der Waals surface area contributed by atoms with E-state index in [1.165, 1.54) is 44.9 Å². The molecule has 3 rings (SSSR count). The van der Waals surface area contributed by atoms with Crippen molar-refractivity contribution >= 4 is 0 Å². The fourth-order valence-corrected chi connectivity index (χ4v) is 6.40. The average Bonchev–Trinajstić information content (AvgIpc) is 3.03. The van der Waals surface area contributed by atoms with Crippen molar-refractivity contribution in [3.05, 3.63) is 23.3 Å². The fraction of sp³-hybridized carbons (Fsp3) is 0.840. The number of allylic oxidation sites excluding steroid dienone is 4. The third kappa shape index (κ3) is 4.09. The summed E-state index contributed by atoms with van der Waals surface area (Å²) in [7, 11) is 0. The van der Waals surface area contributed by atoms with Crippen LogP contribution in [-0.4, -0.2) is 0 Å². The largest absolute Gasteiger partial charge is 0.0769 e. The standard InChI is InChI=1S/C25H42/c1-16(2)20-12-10-18(5)14-24(20)22-8-7-9-23(22)25-15-19(6)11-13-21(25)17(3)4/h8-9,16-21,24-25H,7,10-15H2,1-6H3. The molecule has 0 nitrogen and oxygen atoms in total. The molecule has 0 bridgehead atoms. The fourth-order valence-electron chi connectivity index (χ4n) is 6.40. The van der Waals surface area contributed by atoms with Gasteiger partial charge in [-0.15, -0.1) is 0 Å². The molecule has 0 heterocycles. The minimum absolute atomic E-state index is 0.825. The van der Waals surface area contributed by atoms with Crippen LogP contribution in [0.1, 0.15) is 86.5 Å². The Labute approximate surface area is 157 Å². The van der Waals surface area contributed by atoms with Gasteiger partial charge in [-0.2, -0.15) is 0 Å². The zero-order valence-corrected chi connectivity index (χ0v) is 17.7. The van der Waals surface area contributed by atoms with Crippen molar-refractivity contribution in [1.29, 1.82) is 0 Å². The first-order valence-corrected chi connectivity index (χ1v) is 11.3. The molecule has 0 N–H and O–H groups in total. The van der Waals surface area contributed by atoms with Gasteiger partial charge in [0.2, 0.25) is 0 Å². The van der Waals surface area contributed by atoms with Crippen molar-refractivity contribution < 1.29 is 0 Å². The van der Waals surface area contributed by atoms with Gasteiger partial charge in [0.25, 0.3) is 0 Å². The maximum atomic E-state index is 2.63. The molecule has 0 aromatic heterocycles. The Bertz CT molecular complexity index is 460. The third-order valence-corrected chi connectivity index (χ3v) is 7.85. The zero-order chi connectivity index (χ0) is 18.1. The molecule has 2 fully saturated rings. The minimum atomic E-state index is 0.825. The molecule has 2 saturated carbocycles. The molecule has 0 radical (unpaired) electrons. The first-order chi connectivity index (χ1) is 11.9. The molecule has 0 spiro atoms. The van der Waals surface area contributed by atoms with Crippen LogP contribution >= 0.6 is 0 Å². The smallest absolute Gasteiger partial charge is 0.0129 e. The van der Waals surface area contributed by atoms with Gasteiger partial charge in [0.1, 0.15) is 0 Å². The van der Waals surface area contributed by atoms with Gasteiger partial charge >= 0.3 is 0 Å². The van der Waals surface area contributed by atoms with Crippen molar-refractivity contribution in [3.63, 3.8) is 0 Å². The predicted molar refractivity (Wildman–Crippen MR) is 110 cm³/mol. The van der Waals surface area contributed by atoms with E-state index in [0.717, 1.165) is 47.3 Å². The second kappa shape index (κ2) is 8.01. The molecule has 25 heavy (non-hydrogen) atoms. The topological polar surface area (TPSA) is 0 Å². The van der Waals surface area contributed by atoms with Crippen molar-refractivity contribution in [2.75, 3.05) is 0 Å². The van der Waals surface area contributed by atoms with E-state index in [0.29, 0.717) is 0 Å². The lowest BCUT2D eigenvalue weighted by Crippen LogP contribution is -2.33. The lowest BCUT2D eigenvalue weighted by atomic mass is 9.62. The molecule has 0 amide bonds. The zero-order valence-electron chi connectivity index (χ0n) is 17.7. The quantitative estimate of drug-likeness (QED) is 0.492. The van der Waals surface area contributed by atoms with Crippen LogP contribution in [0.4, 0.5) is 0 Å². The van der Waals surface area contributed by atoms with Crippen LogP contribution in [0.2, 0.25) is 0 Å². The highest BCUT2D eigenvalue weighted by molar-refractivity contribution is 5.42. The summed E-state index contributed by atoms with van der Waals surface area (Å²) in [6.07, 6.45) is 15.1. The summed E-state index contributed by atoms with van der Waals surface area (Å²) in [6.45, 7) is 14.8. The molecule has 0 aromatic carbocycles. The van der Waals surface area contributed by atoms with Crippen molar-refractivity contribution in [2.24, 2.45) is 47.3 Å². The Morgan fingerprint density at radius 3 is 1.44 bits per heavy atom. The normalized spacial score (nSPS) is 39.7. The minimum Gasteiger partial charge on any atom is -0.0769 e. The first kappa shape index (κ1) is 19.2. The molecule has 142 valence electrons. The Morgan fingerprint density at radius 1 is 0.680 bits per heavy atom. The monoisotopic (exact) mass is 342 g/mol. The molecule has 0 saturated heterocycles. The van der Waals surface area contributed by atoms with Crippen LogP contribution < -0.4 is 0 Å². The highest BCUT2D eigenvalue weighted by atomic mass is 14.4. The summed E-state index contributed by atoms with van der Waals surface area (Å²) in [5.41, 5.74) is 3.60. The molecule has 3 aliphatic carbocycles. The van der Waals surface area contributed by atoms with E-state index in [1.54, 1.807) is 11.1 Å². The number of hydrogen-bond donors (Lipinski definition) is 0. The van der Waals surface area contributed by atoms with E-state index >= 15 is 0 Å². The van der Waals surface area contributed by atoms with E-state index in [1.807, 2.05) is 0 Å². The molecular formula is C25H42. The lowest BCUT2D eigenvalue weighted by molar-refractivity contribution is 0.153. The molecular weight excluding hydrogens is 300 g/mol. The summed E-state index contributed by atoms with van der Waals surface area (Å²) < 4.78 is 0. The first-order valence-electron chi connectivity index (χ1n) is 11.3. The van der Waals surface area contributed by atoms with Crippen molar-refractivity contribution in [3.8, 4) is 0 Å². The van der Waals surface area contributed by atoms with E-state index in [-0.39, 0.29) is 0 Å². The summed E-state index contributed by atoms with van der Waals surface area (Å²) in [6, 6.07) is 0. The van der Waals surface area contributed by atoms with Gasteiger partial charge in [0.05, 0.1) is 0 Å². The van der Waals surface area contributed by atoms with Crippen LogP contribution in [0.5, 0.6) is 0 Å². The van der Waals surface area contributed by atoms with Gasteiger partial charge in [-0.05, 0) is 90.6 Å². The van der Waals surface area contributed by atoms with Crippen LogP contribution in [0.25, 0.3) is 0 Å². The summed E-state index contributed by atoms with van der Waals surface area (Å²) >= 11 is 0. The van der Waals surface area contributed by atoms with Gasteiger partial charge in [-0.1, -0.05) is 66.5 Å². The van der Waals surface area contributed by atoms with Gasteiger partial charge in [-0.25, -0.2) is 0 Å². The van der Waals surface area contributed by atoms with Crippen LogP contribution in [-0.2, 0) is 0 Å². The summed E-state index contributed by atoms with van der Waals surface area (Å²) in [5, 5.41) is 0. The van der Waals surface area contributed by atoms with Gasteiger partial charge in [0.15, 0.2) is 0 Å². The van der Waals surface area contributed by atoms with Crippen molar-refractivity contribution in [1.82, 2.24) is 0 Å². The van der Waals surface area contributed by atoms with E-state index < -0.39 is 0 Å². The molecule has 0 aliphatic heterocycles. The lowest BCUT2D eigenvalue weighted by Gasteiger charge is -2.43. The molecule has 3 aliphatic rings. The van der Waals surface area contributed by atoms with Crippen LogP contribution in [0, 0.1) is 47.3 Å². The third-order valence-electron chi connectivity index (χ3n) is 7.85. The molecule has 0 heteroatoms. The maximum absolute atomic E-state index is 2.63. The predicted octanol–water partition coefficient (Wildman–Crippen LogP) is 7.66. The highest BCUT2D eigenvalue weighted by Crippen LogP contribution is 2.51. The van der Waals surface area contributed by atoms with Crippen LogP contribution in [0.15, 0.2) is 23.3 Å². The molecule has 0 aromatic rings. The molecule has 6 unspecified atom stereocenters. The Morgan fingerprint density at radius 2 is 1.08 bits per heavy atom. The van der Waals surface area contributed by atoms with E-state index in [4.69, 9.17) is 0 Å². The number of hydrogen-bond acceptors (Lipinski definition) is 0. The highest BCUT2D eigenvalue weighted by Gasteiger charge is 2.39. The van der Waals surface area contributed by atoms with Gasteiger partial charge in [-0.3, -0.25) is 0 Å².